The van der Waals surface area contributed by atoms with E-state index in [9.17, 15) is 0 Å². The smallest absolute Gasteiger partial charge is 0.216 e. The highest BCUT2D eigenvalue weighted by Crippen LogP contribution is 2.18. The van der Waals surface area contributed by atoms with Crippen LogP contribution >= 0.6 is 12.2 Å². The Morgan fingerprint density at radius 1 is 1.04 bits per heavy atom. The molecule has 0 aliphatic heterocycles. The van der Waals surface area contributed by atoms with Crippen molar-refractivity contribution in [3.05, 3.63) is 77.3 Å². The topological polar surface area (TPSA) is 58.9 Å². The molecule has 2 aromatic carbocycles. The number of benzene rings is 2. The van der Waals surface area contributed by atoms with Gasteiger partial charge in [0.1, 0.15) is 0 Å². The van der Waals surface area contributed by atoms with Gasteiger partial charge in [-0.15, -0.1) is 0 Å². The minimum atomic E-state index is 0.435. The SMILES string of the molecule is S=c1[nH]nc(-c2cccnc2)n1/N=C/c1cccc2ccccc12. The maximum absolute atomic E-state index is 5.29. The molecular weight excluding hydrogens is 318 g/mol. The quantitative estimate of drug-likeness (QED) is 0.455. The zero-order chi connectivity index (χ0) is 16.4. The predicted octanol–water partition coefficient (Wildman–Crippen LogP) is 4.04. The molecule has 0 unspecified atom stereocenters. The summed E-state index contributed by atoms with van der Waals surface area (Å²) in [5, 5.41) is 13.9. The second kappa shape index (κ2) is 6.17. The minimum absolute atomic E-state index is 0.435. The van der Waals surface area contributed by atoms with Crippen LogP contribution in [0.1, 0.15) is 5.56 Å². The number of fused-ring (bicyclic) bond motifs is 1. The number of nitrogens with zero attached hydrogens (tertiary/aromatic N) is 4. The van der Waals surface area contributed by atoms with Gasteiger partial charge in [-0.2, -0.15) is 14.9 Å². The van der Waals surface area contributed by atoms with E-state index in [0.717, 1.165) is 16.5 Å². The summed E-state index contributed by atoms with van der Waals surface area (Å²) in [7, 11) is 0. The molecule has 24 heavy (non-hydrogen) atoms. The van der Waals surface area contributed by atoms with Crippen LogP contribution in [0.4, 0.5) is 0 Å². The third kappa shape index (κ3) is 2.63. The molecule has 0 fully saturated rings. The van der Waals surface area contributed by atoms with Crippen molar-refractivity contribution in [3.63, 3.8) is 0 Å². The second-order valence-corrected chi connectivity index (χ2v) is 5.61. The van der Waals surface area contributed by atoms with Gasteiger partial charge in [-0.05, 0) is 35.1 Å². The fourth-order valence-corrected chi connectivity index (χ4v) is 2.74. The van der Waals surface area contributed by atoms with Gasteiger partial charge in [-0.1, -0.05) is 42.5 Å². The normalized spacial score (nSPS) is 11.3. The van der Waals surface area contributed by atoms with Gasteiger partial charge in [0.25, 0.3) is 0 Å². The summed E-state index contributed by atoms with van der Waals surface area (Å²) in [5.74, 6) is 0.629. The van der Waals surface area contributed by atoms with Crippen LogP contribution in [0.25, 0.3) is 22.2 Å². The molecule has 2 heterocycles. The molecule has 0 saturated heterocycles. The maximum Gasteiger partial charge on any atom is 0.216 e. The molecule has 0 aliphatic carbocycles. The number of hydrogen-bond donors (Lipinski definition) is 1. The van der Waals surface area contributed by atoms with Crippen LogP contribution < -0.4 is 0 Å². The van der Waals surface area contributed by atoms with Gasteiger partial charge >= 0.3 is 0 Å². The first-order valence-corrected chi connectivity index (χ1v) is 7.84. The lowest BCUT2D eigenvalue weighted by atomic mass is 10.1. The van der Waals surface area contributed by atoms with Gasteiger partial charge in [0.15, 0.2) is 5.82 Å². The van der Waals surface area contributed by atoms with E-state index >= 15 is 0 Å². The van der Waals surface area contributed by atoms with E-state index in [4.69, 9.17) is 12.2 Å². The van der Waals surface area contributed by atoms with Crippen molar-refractivity contribution >= 4 is 29.2 Å². The first-order chi connectivity index (χ1) is 11.8. The van der Waals surface area contributed by atoms with Crippen molar-refractivity contribution in [1.82, 2.24) is 19.9 Å². The Kier molecular flexibility index (Phi) is 3.72. The highest BCUT2D eigenvalue weighted by Gasteiger charge is 2.07. The van der Waals surface area contributed by atoms with Crippen LogP contribution in [-0.2, 0) is 0 Å². The number of aromatic nitrogens is 4. The number of pyridine rings is 1. The van der Waals surface area contributed by atoms with Crippen LogP contribution in [-0.4, -0.2) is 26.1 Å². The monoisotopic (exact) mass is 331 g/mol. The Bertz CT molecular complexity index is 1070. The van der Waals surface area contributed by atoms with Gasteiger partial charge in [0, 0.05) is 23.5 Å². The average molecular weight is 331 g/mol. The average Bonchev–Trinajstić information content (AvgIpc) is 3.01. The van der Waals surface area contributed by atoms with Crippen molar-refractivity contribution in [1.29, 1.82) is 0 Å². The van der Waals surface area contributed by atoms with Gasteiger partial charge in [-0.25, -0.2) is 5.10 Å². The molecule has 2 aromatic heterocycles. The number of aromatic amines is 1. The van der Waals surface area contributed by atoms with E-state index in [1.807, 2.05) is 36.4 Å². The standard InChI is InChI=1S/C18H13N5S/c24-18-22-21-17(15-8-4-10-19-11-15)23(18)20-12-14-7-3-6-13-5-1-2-9-16(13)14/h1-12H,(H,22,24)/b20-12+. The fraction of sp³-hybridized carbons (Fsp3) is 0. The van der Waals surface area contributed by atoms with Gasteiger partial charge < -0.3 is 0 Å². The summed E-state index contributed by atoms with van der Waals surface area (Å²) in [4.78, 5) is 4.12. The molecule has 5 nitrogen and oxygen atoms in total. The molecule has 6 heteroatoms. The summed E-state index contributed by atoms with van der Waals surface area (Å²) in [5.41, 5.74) is 1.87. The zero-order valence-electron chi connectivity index (χ0n) is 12.6. The molecule has 0 saturated carbocycles. The lowest BCUT2D eigenvalue weighted by molar-refractivity contribution is 0.871. The van der Waals surface area contributed by atoms with Gasteiger partial charge in [0.05, 0.1) is 6.21 Å². The van der Waals surface area contributed by atoms with Crippen molar-refractivity contribution in [3.8, 4) is 11.4 Å². The van der Waals surface area contributed by atoms with Crippen molar-refractivity contribution in [2.75, 3.05) is 0 Å². The number of rotatable bonds is 3. The molecular formula is C18H13N5S. The Morgan fingerprint density at radius 2 is 1.92 bits per heavy atom. The van der Waals surface area contributed by atoms with Gasteiger partial charge in [-0.3, -0.25) is 4.98 Å². The number of nitrogens with one attached hydrogen (secondary N) is 1. The number of hydrogen-bond acceptors (Lipinski definition) is 4. The summed E-state index contributed by atoms with van der Waals surface area (Å²) in [6.07, 6.45) is 5.25. The third-order valence-electron chi connectivity index (χ3n) is 3.71. The molecule has 4 aromatic rings. The maximum atomic E-state index is 5.29. The first kappa shape index (κ1) is 14.5. The largest absolute Gasteiger partial charge is 0.264 e. The highest BCUT2D eigenvalue weighted by molar-refractivity contribution is 7.71. The molecule has 0 radical (unpaired) electrons. The molecule has 0 atom stereocenters. The zero-order valence-corrected chi connectivity index (χ0v) is 13.4. The van der Waals surface area contributed by atoms with Crippen LogP contribution in [0, 0.1) is 4.77 Å². The Labute approximate surface area is 143 Å². The van der Waals surface area contributed by atoms with Crippen LogP contribution in [0.15, 0.2) is 72.1 Å². The molecule has 116 valence electrons. The summed E-state index contributed by atoms with van der Waals surface area (Å²) in [6, 6.07) is 18.1. The van der Waals surface area contributed by atoms with E-state index in [0.29, 0.717) is 10.6 Å². The third-order valence-corrected chi connectivity index (χ3v) is 3.97. The molecule has 0 amide bonds. The lowest BCUT2D eigenvalue weighted by Crippen LogP contribution is -1.95. The highest BCUT2D eigenvalue weighted by atomic mass is 32.1. The van der Waals surface area contributed by atoms with E-state index in [-0.39, 0.29) is 0 Å². The van der Waals surface area contributed by atoms with Crippen molar-refractivity contribution in [2.24, 2.45) is 5.10 Å². The number of H-pyrrole nitrogens is 1. The first-order valence-electron chi connectivity index (χ1n) is 7.43. The Morgan fingerprint density at radius 3 is 2.79 bits per heavy atom. The minimum Gasteiger partial charge on any atom is -0.264 e. The van der Waals surface area contributed by atoms with Crippen molar-refractivity contribution < 1.29 is 0 Å². The molecule has 4 rings (SSSR count). The predicted molar refractivity (Wildman–Crippen MR) is 97.6 cm³/mol. The van der Waals surface area contributed by atoms with Crippen LogP contribution in [0.2, 0.25) is 0 Å². The molecule has 0 spiro atoms. The lowest BCUT2D eigenvalue weighted by Gasteiger charge is -2.02. The molecule has 1 N–H and O–H groups in total. The Balaban J connectivity index is 1.80. The summed E-state index contributed by atoms with van der Waals surface area (Å²) >= 11 is 5.29. The molecule has 0 bridgehead atoms. The van der Waals surface area contributed by atoms with Gasteiger partial charge in [0.2, 0.25) is 4.77 Å². The Hall–Kier alpha value is -3.12. The second-order valence-electron chi connectivity index (χ2n) is 5.22. The van der Waals surface area contributed by atoms with E-state index < -0.39 is 0 Å². The molecule has 0 aliphatic rings. The van der Waals surface area contributed by atoms with E-state index in [1.54, 1.807) is 23.3 Å². The summed E-state index contributed by atoms with van der Waals surface area (Å²) < 4.78 is 2.04. The van der Waals surface area contributed by atoms with Crippen LogP contribution in [0.5, 0.6) is 0 Å². The van der Waals surface area contributed by atoms with E-state index in [2.05, 4.69) is 38.5 Å². The van der Waals surface area contributed by atoms with Crippen LogP contribution in [0.3, 0.4) is 0 Å². The van der Waals surface area contributed by atoms with Crippen molar-refractivity contribution in [2.45, 2.75) is 0 Å². The fourth-order valence-electron chi connectivity index (χ4n) is 2.56. The summed E-state index contributed by atoms with van der Waals surface area (Å²) in [6.45, 7) is 0. The van der Waals surface area contributed by atoms with E-state index in [1.165, 1.54) is 5.39 Å².